The summed E-state index contributed by atoms with van der Waals surface area (Å²) in [6.45, 7) is 4.94. The average molecular weight is 250 g/mol. The Morgan fingerprint density at radius 3 is 2.89 bits per heavy atom. The van der Waals surface area contributed by atoms with Crippen molar-refractivity contribution in [3.8, 4) is 0 Å². The Kier molecular flexibility index (Phi) is 3.55. The normalized spacial score (nSPS) is 19.6. The van der Waals surface area contributed by atoms with E-state index in [1.54, 1.807) is 0 Å². The van der Waals surface area contributed by atoms with Crippen molar-refractivity contribution in [1.29, 1.82) is 0 Å². The van der Waals surface area contributed by atoms with E-state index in [1.807, 2.05) is 4.90 Å². The zero-order valence-corrected chi connectivity index (χ0v) is 10.8. The Balaban J connectivity index is 2.28. The summed E-state index contributed by atoms with van der Waals surface area (Å²) in [5.41, 5.74) is 6.39. The molecular weight excluding hydrogens is 231 g/mol. The summed E-state index contributed by atoms with van der Waals surface area (Å²) in [6.07, 6.45) is 2.02. The number of halogens is 1. The summed E-state index contributed by atoms with van der Waals surface area (Å²) in [5.74, 6) is -0.165. The quantitative estimate of drug-likeness (QED) is 0.820. The van der Waals surface area contributed by atoms with Crippen LogP contribution in [-0.4, -0.2) is 23.4 Å². The van der Waals surface area contributed by atoms with Crippen LogP contribution in [0.3, 0.4) is 0 Å². The minimum absolute atomic E-state index is 0.150. The summed E-state index contributed by atoms with van der Waals surface area (Å²) in [6, 6.07) is 4.19. The Bertz CT molecular complexity index is 459. The van der Waals surface area contributed by atoms with Gasteiger partial charge in [0.25, 0.3) is 5.91 Å². The Morgan fingerprint density at radius 1 is 1.50 bits per heavy atom. The highest BCUT2D eigenvalue weighted by Gasteiger charge is 2.32. The number of nitrogens with two attached hydrogens (primary N) is 1. The first-order valence-electron chi connectivity index (χ1n) is 6.36. The van der Waals surface area contributed by atoms with Gasteiger partial charge in [0.1, 0.15) is 5.82 Å². The van der Waals surface area contributed by atoms with E-state index in [-0.39, 0.29) is 17.5 Å². The van der Waals surface area contributed by atoms with E-state index < -0.39 is 5.82 Å². The molecule has 1 aromatic rings. The molecule has 0 bridgehead atoms. The van der Waals surface area contributed by atoms with Crippen LogP contribution in [0.4, 0.5) is 10.1 Å². The highest BCUT2D eigenvalue weighted by molar-refractivity contribution is 5.99. The number of anilines is 1. The molecule has 0 aromatic heterocycles. The molecule has 1 aromatic carbocycles. The first-order valence-corrected chi connectivity index (χ1v) is 6.36. The third-order valence-corrected chi connectivity index (χ3v) is 3.58. The number of amides is 1. The van der Waals surface area contributed by atoms with Crippen molar-refractivity contribution in [1.82, 2.24) is 4.90 Å². The van der Waals surface area contributed by atoms with Gasteiger partial charge in [0.2, 0.25) is 0 Å². The van der Waals surface area contributed by atoms with Gasteiger partial charge in [-0.1, -0.05) is 13.8 Å². The Hall–Kier alpha value is -1.58. The summed E-state index contributed by atoms with van der Waals surface area (Å²) in [4.78, 5) is 14.2. The van der Waals surface area contributed by atoms with Gasteiger partial charge >= 0.3 is 0 Å². The van der Waals surface area contributed by atoms with Gasteiger partial charge in [-0.3, -0.25) is 4.79 Å². The Morgan fingerprint density at radius 2 is 2.22 bits per heavy atom. The molecule has 1 aliphatic rings. The number of nitrogen functional groups attached to an aromatic ring is 1. The largest absolute Gasteiger partial charge is 0.398 e. The van der Waals surface area contributed by atoms with Gasteiger partial charge in [-0.2, -0.15) is 0 Å². The number of nitrogens with zero attached hydrogens (tertiary/aromatic N) is 1. The lowest BCUT2D eigenvalue weighted by atomic mass is 10.0. The van der Waals surface area contributed by atoms with Gasteiger partial charge in [0, 0.05) is 18.3 Å². The van der Waals surface area contributed by atoms with E-state index in [4.69, 9.17) is 5.73 Å². The van der Waals surface area contributed by atoms with Gasteiger partial charge in [-0.25, -0.2) is 4.39 Å². The number of likely N-dealkylation sites (tertiary alicyclic amines) is 1. The van der Waals surface area contributed by atoms with Crippen molar-refractivity contribution in [2.45, 2.75) is 32.7 Å². The predicted molar refractivity (Wildman–Crippen MR) is 69.7 cm³/mol. The fourth-order valence-electron chi connectivity index (χ4n) is 2.61. The zero-order valence-electron chi connectivity index (χ0n) is 10.8. The molecule has 1 unspecified atom stereocenters. The first-order chi connectivity index (χ1) is 8.50. The molecule has 0 radical (unpaired) electrons. The second-order valence-electron chi connectivity index (χ2n) is 5.18. The molecule has 0 aliphatic carbocycles. The molecule has 1 aliphatic heterocycles. The van der Waals surface area contributed by atoms with Gasteiger partial charge in [0.05, 0.1) is 5.56 Å². The monoisotopic (exact) mass is 250 g/mol. The highest BCUT2D eigenvalue weighted by atomic mass is 19.1. The van der Waals surface area contributed by atoms with Crippen molar-refractivity contribution in [3.05, 3.63) is 29.6 Å². The molecule has 1 amide bonds. The van der Waals surface area contributed by atoms with Gasteiger partial charge in [-0.15, -0.1) is 0 Å². The van der Waals surface area contributed by atoms with E-state index >= 15 is 0 Å². The number of carbonyl (C=O) groups is 1. The fourth-order valence-corrected chi connectivity index (χ4v) is 2.61. The number of rotatable bonds is 2. The molecule has 98 valence electrons. The van der Waals surface area contributed by atoms with Crippen LogP contribution in [0.15, 0.2) is 18.2 Å². The van der Waals surface area contributed by atoms with E-state index in [1.165, 1.54) is 18.2 Å². The van der Waals surface area contributed by atoms with E-state index in [0.717, 1.165) is 19.4 Å². The molecule has 1 saturated heterocycles. The number of benzene rings is 1. The van der Waals surface area contributed by atoms with Crippen LogP contribution >= 0.6 is 0 Å². The number of hydrogen-bond donors (Lipinski definition) is 1. The summed E-state index contributed by atoms with van der Waals surface area (Å²) < 4.78 is 13.2. The SMILES string of the molecule is CC(C)C1CCCN1C(=O)c1cc(F)ccc1N. The maximum absolute atomic E-state index is 13.2. The molecule has 4 heteroatoms. The molecule has 0 spiro atoms. The third kappa shape index (κ3) is 2.33. The molecule has 3 nitrogen and oxygen atoms in total. The minimum atomic E-state index is -0.423. The van der Waals surface area contributed by atoms with Crippen LogP contribution in [0.25, 0.3) is 0 Å². The van der Waals surface area contributed by atoms with Gasteiger partial charge in [0.15, 0.2) is 0 Å². The maximum Gasteiger partial charge on any atom is 0.256 e. The average Bonchev–Trinajstić information content (AvgIpc) is 2.80. The third-order valence-electron chi connectivity index (χ3n) is 3.58. The van der Waals surface area contributed by atoms with Crippen LogP contribution in [0.5, 0.6) is 0 Å². The molecule has 1 heterocycles. The molecule has 1 fully saturated rings. The van der Waals surface area contributed by atoms with Crippen molar-refractivity contribution in [3.63, 3.8) is 0 Å². The van der Waals surface area contributed by atoms with Gasteiger partial charge in [-0.05, 0) is 37.0 Å². The first kappa shape index (κ1) is 12.9. The smallest absolute Gasteiger partial charge is 0.256 e. The summed E-state index contributed by atoms with van der Waals surface area (Å²) >= 11 is 0. The lowest BCUT2D eigenvalue weighted by molar-refractivity contribution is 0.0702. The lowest BCUT2D eigenvalue weighted by Gasteiger charge is -2.28. The van der Waals surface area contributed by atoms with Crippen LogP contribution in [0, 0.1) is 11.7 Å². The second-order valence-corrected chi connectivity index (χ2v) is 5.18. The standard InChI is InChI=1S/C14H19FN2O/c1-9(2)13-4-3-7-17(13)14(18)11-8-10(15)5-6-12(11)16/h5-6,8-9,13H,3-4,7,16H2,1-2H3. The van der Waals surface area contributed by atoms with Crippen LogP contribution < -0.4 is 5.73 Å². The predicted octanol–water partition coefficient (Wildman–Crippen LogP) is 2.67. The van der Waals surface area contributed by atoms with E-state index in [0.29, 0.717) is 11.6 Å². The van der Waals surface area contributed by atoms with Crippen molar-refractivity contribution in [2.24, 2.45) is 5.92 Å². The van der Waals surface area contributed by atoms with E-state index in [2.05, 4.69) is 13.8 Å². The topological polar surface area (TPSA) is 46.3 Å². The number of carbonyl (C=O) groups excluding carboxylic acids is 1. The molecular formula is C14H19FN2O. The van der Waals surface area contributed by atoms with Crippen LogP contribution in [0.1, 0.15) is 37.0 Å². The molecule has 18 heavy (non-hydrogen) atoms. The van der Waals surface area contributed by atoms with Crippen LogP contribution in [-0.2, 0) is 0 Å². The molecule has 1 atom stereocenters. The Labute approximate surface area is 107 Å². The van der Waals surface area contributed by atoms with Crippen molar-refractivity contribution >= 4 is 11.6 Å². The zero-order chi connectivity index (χ0) is 13.3. The summed E-state index contributed by atoms with van der Waals surface area (Å²) in [7, 11) is 0. The molecule has 2 rings (SSSR count). The van der Waals surface area contributed by atoms with Crippen molar-refractivity contribution in [2.75, 3.05) is 12.3 Å². The highest BCUT2D eigenvalue weighted by Crippen LogP contribution is 2.27. The molecule has 2 N–H and O–H groups in total. The minimum Gasteiger partial charge on any atom is -0.398 e. The van der Waals surface area contributed by atoms with Crippen molar-refractivity contribution < 1.29 is 9.18 Å². The fraction of sp³-hybridized carbons (Fsp3) is 0.500. The molecule has 0 saturated carbocycles. The van der Waals surface area contributed by atoms with E-state index in [9.17, 15) is 9.18 Å². The maximum atomic E-state index is 13.2. The number of hydrogen-bond acceptors (Lipinski definition) is 2. The lowest BCUT2D eigenvalue weighted by Crippen LogP contribution is -2.38. The second kappa shape index (κ2) is 4.96. The van der Waals surface area contributed by atoms with Gasteiger partial charge < -0.3 is 10.6 Å². The summed E-state index contributed by atoms with van der Waals surface area (Å²) in [5, 5.41) is 0. The van der Waals surface area contributed by atoms with Crippen LogP contribution in [0.2, 0.25) is 0 Å².